The van der Waals surface area contributed by atoms with E-state index in [4.69, 9.17) is 10.5 Å². The summed E-state index contributed by atoms with van der Waals surface area (Å²) in [5, 5.41) is 2.78. The quantitative estimate of drug-likeness (QED) is 0.911. The van der Waals surface area contributed by atoms with Crippen molar-refractivity contribution in [1.82, 2.24) is 9.88 Å². The fraction of sp³-hybridized carbons (Fsp3) is 0.267. The minimum absolute atomic E-state index is 0.187. The summed E-state index contributed by atoms with van der Waals surface area (Å²) in [6.07, 6.45) is 0. The van der Waals surface area contributed by atoms with E-state index >= 15 is 0 Å². The summed E-state index contributed by atoms with van der Waals surface area (Å²) in [5.74, 6) is -0.695. The van der Waals surface area contributed by atoms with Crippen LogP contribution in [0.1, 0.15) is 31.4 Å². The predicted molar refractivity (Wildman–Crippen MR) is 84.2 cm³/mol. The number of nitrogens with zero attached hydrogens (tertiary/aromatic N) is 2. The number of rotatable bonds is 5. The largest absolute Gasteiger partial charge is 0.495 e. The molecule has 2 rings (SSSR count). The van der Waals surface area contributed by atoms with Crippen LogP contribution in [0.2, 0.25) is 0 Å². The van der Waals surface area contributed by atoms with Crippen molar-refractivity contribution in [3.8, 4) is 5.75 Å². The Morgan fingerprint density at radius 2 is 2.05 bits per heavy atom. The molecule has 0 bridgehead atoms. The lowest BCUT2D eigenvalue weighted by atomic mass is 10.1. The van der Waals surface area contributed by atoms with Crippen LogP contribution in [-0.2, 0) is 6.54 Å². The Balaban J connectivity index is 2.28. The Hall–Kier alpha value is -2.41. The molecule has 0 unspecified atom stereocenters. The van der Waals surface area contributed by atoms with Crippen LogP contribution in [0.4, 0.5) is 0 Å². The number of aryl methyl sites for hydroxylation is 1. The molecule has 0 radical (unpaired) electrons. The lowest BCUT2D eigenvalue weighted by Gasteiger charge is -2.18. The fourth-order valence-corrected chi connectivity index (χ4v) is 2.90. The van der Waals surface area contributed by atoms with Gasteiger partial charge in [0.2, 0.25) is 0 Å². The van der Waals surface area contributed by atoms with E-state index in [1.807, 2.05) is 12.3 Å². The summed E-state index contributed by atoms with van der Waals surface area (Å²) in [4.78, 5) is 29.9. The van der Waals surface area contributed by atoms with Gasteiger partial charge in [0, 0.05) is 18.1 Å². The number of primary amides is 1. The van der Waals surface area contributed by atoms with E-state index in [2.05, 4.69) is 4.98 Å². The molecule has 0 saturated carbocycles. The normalized spacial score (nSPS) is 10.3. The number of ether oxygens (including phenoxy) is 1. The van der Waals surface area contributed by atoms with Gasteiger partial charge < -0.3 is 15.4 Å². The summed E-state index contributed by atoms with van der Waals surface area (Å²) >= 11 is 1.50. The molecule has 0 atom stereocenters. The van der Waals surface area contributed by atoms with E-state index in [-0.39, 0.29) is 17.2 Å². The number of para-hydroxylation sites is 1. The molecular weight excluding hydrogens is 302 g/mol. The number of aromatic nitrogens is 1. The summed E-state index contributed by atoms with van der Waals surface area (Å²) in [5.41, 5.74) is 6.72. The minimum Gasteiger partial charge on any atom is -0.495 e. The topological polar surface area (TPSA) is 85.5 Å². The minimum atomic E-state index is -0.635. The number of carbonyl (C=O) groups excluding carboxylic acids is 2. The number of hydrogen-bond acceptors (Lipinski definition) is 5. The van der Waals surface area contributed by atoms with E-state index in [1.54, 1.807) is 19.2 Å². The summed E-state index contributed by atoms with van der Waals surface area (Å²) in [6.45, 7) is 2.29. The third-order valence-corrected chi connectivity index (χ3v) is 4.05. The Bertz CT molecular complexity index is 712. The first-order chi connectivity index (χ1) is 10.4. The second kappa shape index (κ2) is 6.57. The zero-order valence-electron chi connectivity index (χ0n) is 12.6. The molecule has 0 spiro atoms. The second-order valence-electron chi connectivity index (χ2n) is 4.79. The third-order valence-electron chi connectivity index (χ3n) is 3.10. The number of methoxy groups -OCH3 is 1. The number of thiazole rings is 1. The van der Waals surface area contributed by atoms with Gasteiger partial charge in [0.1, 0.15) is 10.8 Å². The second-order valence-corrected chi connectivity index (χ2v) is 5.74. The van der Waals surface area contributed by atoms with Crippen molar-refractivity contribution in [2.45, 2.75) is 13.5 Å². The zero-order chi connectivity index (χ0) is 16.3. The summed E-state index contributed by atoms with van der Waals surface area (Å²) in [7, 11) is 3.08. The Morgan fingerprint density at radius 1 is 1.36 bits per heavy atom. The molecule has 0 fully saturated rings. The summed E-state index contributed by atoms with van der Waals surface area (Å²) < 4.78 is 5.20. The number of nitrogens with two attached hydrogens (primary N) is 1. The van der Waals surface area contributed by atoms with Crippen molar-refractivity contribution < 1.29 is 14.3 Å². The lowest BCUT2D eigenvalue weighted by Crippen LogP contribution is -2.27. The van der Waals surface area contributed by atoms with Crippen molar-refractivity contribution in [2.75, 3.05) is 14.2 Å². The molecule has 1 aromatic heterocycles. The van der Waals surface area contributed by atoms with Crippen LogP contribution in [0, 0.1) is 6.92 Å². The molecule has 0 aliphatic rings. The van der Waals surface area contributed by atoms with Gasteiger partial charge in [-0.05, 0) is 19.1 Å². The molecule has 2 aromatic rings. The van der Waals surface area contributed by atoms with E-state index in [9.17, 15) is 9.59 Å². The molecule has 0 aliphatic heterocycles. The maximum absolute atomic E-state index is 12.6. The van der Waals surface area contributed by atoms with E-state index in [0.29, 0.717) is 12.1 Å². The first kappa shape index (κ1) is 16.0. The molecule has 2 N–H and O–H groups in total. The zero-order valence-corrected chi connectivity index (χ0v) is 13.4. The molecule has 6 nitrogen and oxygen atoms in total. The number of carbonyl (C=O) groups is 2. The van der Waals surface area contributed by atoms with Crippen molar-refractivity contribution in [3.63, 3.8) is 0 Å². The van der Waals surface area contributed by atoms with Gasteiger partial charge in [-0.1, -0.05) is 6.07 Å². The average Bonchev–Trinajstić information content (AvgIpc) is 2.90. The number of amides is 2. The fourth-order valence-electron chi connectivity index (χ4n) is 2.08. The van der Waals surface area contributed by atoms with E-state index < -0.39 is 5.91 Å². The molecular formula is C15H17N3O3S. The average molecular weight is 319 g/mol. The Labute approximate surface area is 132 Å². The highest BCUT2D eigenvalue weighted by Gasteiger charge is 2.21. The van der Waals surface area contributed by atoms with E-state index in [0.717, 1.165) is 10.7 Å². The lowest BCUT2D eigenvalue weighted by molar-refractivity contribution is 0.0781. The van der Waals surface area contributed by atoms with Gasteiger partial charge in [-0.3, -0.25) is 9.59 Å². The van der Waals surface area contributed by atoms with Crippen LogP contribution >= 0.6 is 11.3 Å². The molecule has 2 amide bonds. The highest BCUT2D eigenvalue weighted by atomic mass is 32.1. The predicted octanol–water partition coefficient (Wildman–Crippen LogP) is 1.83. The standard InChI is InChI=1S/C15H17N3O3S/c1-9-8-22-12(17-9)7-18(2)15(20)11-6-4-5-10(14(16)19)13(11)21-3/h4-6,8H,7H2,1-3H3,(H2,16,19). The highest BCUT2D eigenvalue weighted by molar-refractivity contribution is 7.09. The summed E-state index contributed by atoms with van der Waals surface area (Å²) in [6, 6.07) is 4.75. The number of benzene rings is 1. The van der Waals surface area contributed by atoms with Crippen LogP contribution in [0.3, 0.4) is 0 Å². The van der Waals surface area contributed by atoms with Crippen molar-refractivity contribution in [1.29, 1.82) is 0 Å². The third kappa shape index (κ3) is 3.25. The van der Waals surface area contributed by atoms with Gasteiger partial charge in [-0.15, -0.1) is 11.3 Å². The van der Waals surface area contributed by atoms with Crippen molar-refractivity contribution >= 4 is 23.2 Å². The van der Waals surface area contributed by atoms with Gasteiger partial charge >= 0.3 is 0 Å². The van der Waals surface area contributed by atoms with Crippen molar-refractivity contribution in [3.05, 3.63) is 45.4 Å². The van der Waals surface area contributed by atoms with Crippen LogP contribution in [0.15, 0.2) is 23.6 Å². The molecule has 1 aromatic carbocycles. The first-order valence-electron chi connectivity index (χ1n) is 6.57. The SMILES string of the molecule is COc1c(C(N)=O)cccc1C(=O)N(C)Cc1nc(C)cs1. The molecule has 1 heterocycles. The molecule has 0 aliphatic carbocycles. The van der Waals surface area contributed by atoms with Gasteiger partial charge in [0.25, 0.3) is 11.8 Å². The van der Waals surface area contributed by atoms with Crippen LogP contribution in [0.5, 0.6) is 5.75 Å². The molecule has 22 heavy (non-hydrogen) atoms. The molecule has 116 valence electrons. The van der Waals surface area contributed by atoms with Crippen molar-refractivity contribution in [2.24, 2.45) is 5.73 Å². The highest BCUT2D eigenvalue weighted by Crippen LogP contribution is 2.25. The van der Waals surface area contributed by atoms with Gasteiger partial charge in [-0.25, -0.2) is 4.98 Å². The van der Waals surface area contributed by atoms with Gasteiger partial charge in [0.05, 0.1) is 24.8 Å². The smallest absolute Gasteiger partial charge is 0.257 e. The maximum atomic E-state index is 12.6. The van der Waals surface area contributed by atoms with Crippen LogP contribution in [-0.4, -0.2) is 35.9 Å². The first-order valence-corrected chi connectivity index (χ1v) is 7.45. The van der Waals surface area contributed by atoms with Crippen LogP contribution < -0.4 is 10.5 Å². The van der Waals surface area contributed by atoms with Gasteiger partial charge in [-0.2, -0.15) is 0 Å². The van der Waals surface area contributed by atoms with Gasteiger partial charge in [0.15, 0.2) is 0 Å². The number of hydrogen-bond donors (Lipinski definition) is 1. The maximum Gasteiger partial charge on any atom is 0.257 e. The Kier molecular flexibility index (Phi) is 4.77. The van der Waals surface area contributed by atoms with E-state index in [1.165, 1.54) is 29.4 Å². The monoisotopic (exact) mass is 319 g/mol. The van der Waals surface area contributed by atoms with Crippen LogP contribution in [0.25, 0.3) is 0 Å². The molecule has 0 saturated heterocycles. The Morgan fingerprint density at radius 3 is 2.59 bits per heavy atom. The molecule has 7 heteroatoms.